The van der Waals surface area contributed by atoms with E-state index in [0.29, 0.717) is 11.7 Å². The van der Waals surface area contributed by atoms with E-state index in [1.54, 1.807) is 18.5 Å². The maximum Gasteiger partial charge on any atom is 0.172 e. The molecular formula is C23H22N2O2. The Labute approximate surface area is 158 Å². The van der Waals surface area contributed by atoms with Crippen LogP contribution in [0.1, 0.15) is 29.9 Å². The number of phenols is 1. The first kappa shape index (κ1) is 16.3. The molecule has 3 heterocycles. The van der Waals surface area contributed by atoms with Gasteiger partial charge in [-0.3, -0.25) is 4.98 Å². The van der Waals surface area contributed by atoms with Gasteiger partial charge in [0.2, 0.25) is 0 Å². The van der Waals surface area contributed by atoms with Gasteiger partial charge >= 0.3 is 0 Å². The zero-order valence-corrected chi connectivity index (χ0v) is 15.1. The van der Waals surface area contributed by atoms with Crippen LogP contribution in [0.25, 0.3) is 11.1 Å². The smallest absolute Gasteiger partial charge is 0.172 e. The van der Waals surface area contributed by atoms with Crippen molar-refractivity contribution in [2.24, 2.45) is 5.92 Å². The lowest BCUT2D eigenvalue weighted by molar-refractivity contribution is 0.315. The largest absolute Gasteiger partial charge is 0.504 e. The van der Waals surface area contributed by atoms with Crippen LogP contribution >= 0.6 is 0 Å². The molecule has 0 spiro atoms. The molecule has 0 amide bonds. The number of hydrogen-bond donors (Lipinski definition) is 2. The lowest BCUT2D eigenvalue weighted by Crippen LogP contribution is -2.32. The zero-order chi connectivity index (χ0) is 18.2. The highest BCUT2D eigenvalue weighted by Crippen LogP contribution is 2.52. The average molecular weight is 358 g/mol. The maximum absolute atomic E-state index is 10.4. The average Bonchev–Trinajstić information content (AvgIpc) is 2.73. The number of ether oxygens (including phenoxy) is 1. The number of hydrogen-bond acceptors (Lipinski definition) is 4. The number of rotatable bonds is 2. The molecule has 1 aromatic heterocycles. The Kier molecular flexibility index (Phi) is 4.06. The summed E-state index contributed by atoms with van der Waals surface area (Å²) in [6.45, 7) is 2.08. The van der Waals surface area contributed by atoms with Crippen molar-refractivity contribution in [3.05, 3.63) is 72.1 Å². The van der Waals surface area contributed by atoms with E-state index in [1.165, 1.54) is 5.56 Å². The molecule has 136 valence electrons. The first-order valence-electron chi connectivity index (χ1n) is 9.56. The third-order valence-electron chi connectivity index (χ3n) is 5.79. The lowest BCUT2D eigenvalue weighted by Gasteiger charge is -2.36. The second-order valence-electron chi connectivity index (χ2n) is 7.35. The fourth-order valence-corrected chi connectivity index (χ4v) is 4.46. The van der Waals surface area contributed by atoms with E-state index in [9.17, 15) is 5.11 Å². The van der Waals surface area contributed by atoms with Crippen molar-refractivity contribution in [2.45, 2.75) is 18.8 Å². The van der Waals surface area contributed by atoms with Crippen LogP contribution in [0.2, 0.25) is 0 Å². The van der Waals surface area contributed by atoms with Gasteiger partial charge in [0, 0.05) is 29.4 Å². The number of pyridine rings is 1. The number of benzene rings is 2. The van der Waals surface area contributed by atoms with E-state index >= 15 is 0 Å². The topological polar surface area (TPSA) is 54.4 Å². The van der Waals surface area contributed by atoms with Crippen molar-refractivity contribution in [1.29, 1.82) is 0 Å². The van der Waals surface area contributed by atoms with Crippen LogP contribution in [0, 0.1) is 5.92 Å². The molecular weight excluding hydrogens is 336 g/mol. The van der Waals surface area contributed by atoms with Crippen LogP contribution in [0.3, 0.4) is 0 Å². The second kappa shape index (κ2) is 6.71. The summed E-state index contributed by atoms with van der Waals surface area (Å²) in [5.74, 6) is 2.47. The maximum atomic E-state index is 10.4. The van der Waals surface area contributed by atoms with E-state index < -0.39 is 0 Å². The van der Waals surface area contributed by atoms with E-state index in [1.807, 2.05) is 18.2 Å². The summed E-state index contributed by atoms with van der Waals surface area (Å²) < 4.78 is 6.21. The molecule has 2 aliphatic heterocycles. The summed E-state index contributed by atoms with van der Waals surface area (Å²) in [5.41, 5.74) is 4.53. The van der Waals surface area contributed by atoms with Crippen LogP contribution in [0.4, 0.5) is 0 Å². The molecule has 1 fully saturated rings. The Balaban J connectivity index is 1.63. The van der Waals surface area contributed by atoms with Gasteiger partial charge in [-0.1, -0.05) is 24.3 Å². The molecule has 0 bridgehead atoms. The van der Waals surface area contributed by atoms with Crippen molar-refractivity contribution < 1.29 is 9.84 Å². The molecule has 2 aliphatic rings. The first-order chi connectivity index (χ1) is 13.3. The van der Waals surface area contributed by atoms with Crippen LogP contribution < -0.4 is 10.1 Å². The van der Waals surface area contributed by atoms with E-state index in [0.717, 1.165) is 48.4 Å². The van der Waals surface area contributed by atoms with Crippen LogP contribution in [-0.4, -0.2) is 23.2 Å². The van der Waals surface area contributed by atoms with Gasteiger partial charge < -0.3 is 15.2 Å². The predicted molar refractivity (Wildman–Crippen MR) is 105 cm³/mol. The monoisotopic (exact) mass is 358 g/mol. The van der Waals surface area contributed by atoms with Gasteiger partial charge in [-0.05, 0) is 67.2 Å². The minimum absolute atomic E-state index is 0.214. The van der Waals surface area contributed by atoms with E-state index in [2.05, 4.69) is 34.6 Å². The number of phenolic OH excluding ortho intramolecular Hbond substituents is 1. The van der Waals surface area contributed by atoms with E-state index in [-0.39, 0.29) is 11.7 Å². The summed E-state index contributed by atoms with van der Waals surface area (Å²) in [5, 5.41) is 13.9. The molecule has 2 aromatic carbocycles. The third-order valence-corrected chi connectivity index (χ3v) is 5.79. The minimum Gasteiger partial charge on any atom is -0.504 e. The number of aromatic nitrogens is 1. The van der Waals surface area contributed by atoms with Gasteiger partial charge in [0.25, 0.3) is 0 Å². The Bertz CT molecular complexity index is 965. The molecule has 4 nitrogen and oxygen atoms in total. The van der Waals surface area contributed by atoms with Gasteiger partial charge in [-0.25, -0.2) is 0 Å². The van der Waals surface area contributed by atoms with Gasteiger partial charge in [0.15, 0.2) is 11.5 Å². The molecule has 27 heavy (non-hydrogen) atoms. The fourth-order valence-electron chi connectivity index (χ4n) is 4.46. The quantitative estimate of drug-likeness (QED) is 0.698. The SMILES string of the molecule is Oc1cccc2c1Oc1cc(-c3ccncc3)ccc1C2C1CCNCC1. The fraction of sp³-hybridized carbons (Fsp3) is 0.261. The minimum atomic E-state index is 0.214. The number of fused-ring (bicyclic) bond motifs is 2. The Morgan fingerprint density at radius 2 is 1.74 bits per heavy atom. The molecule has 4 heteroatoms. The molecule has 5 rings (SSSR count). The highest BCUT2D eigenvalue weighted by atomic mass is 16.5. The molecule has 0 radical (unpaired) electrons. The Hall–Kier alpha value is -2.85. The van der Waals surface area contributed by atoms with Crippen molar-refractivity contribution in [1.82, 2.24) is 10.3 Å². The van der Waals surface area contributed by atoms with Crippen molar-refractivity contribution in [2.75, 3.05) is 13.1 Å². The molecule has 1 unspecified atom stereocenters. The van der Waals surface area contributed by atoms with Crippen molar-refractivity contribution >= 4 is 0 Å². The van der Waals surface area contributed by atoms with Gasteiger partial charge in [-0.15, -0.1) is 0 Å². The number of piperidine rings is 1. The normalized spacial score (nSPS) is 19.0. The van der Waals surface area contributed by atoms with Gasteiger partial charge in [0.05, 0.1) is 0 Å². The molecule has 2 N–H and O–H groups in total. The number of nitrogens with one attached hydrogen (secondary N) is 1. The number of para-hydroxylation sites is 1. The second-order valence-corrected chi connectivity index (χ2v) is 7.35. The van der Waals surface area contributed by atoms with Crippen molar-refractivity contribution in [3.8, 4) is 28.4 Å². The zero-order valence-electron chi connectivity index (χ0n) is 15.1. The summed E-state index contributed by atoms with van der Waals surface area (Å²) in [4.78, 5) is 4.10. The van der Waals surface area contributed by atoms with Crippen LogP contribution in [0.5, 0.6) is 17.2 Å². The standard InChI is InChI=1S/C23H22N2O2/c26-20-3-1-2-19-22(16-8-12-25-13-9-16)18-5-4-17(14-21(18)27-23(19)20)15-6-10-24-11-7-15/h1-7,10-11,14,16,22,25-26H,8-9,12-13H2. The molecule has 1 atom stereocenters. The first-order valence-corrected chi connectivity index (χ1v) is 9.56. The summed E-state index contributed by atoms with van der Waals surface area (Å²) >= 11 is 0. The highest BCUT2D eigenvalue weighted by Gasteiger charge is 2.35. The van der Waals surface area contributed by atoms with E-state index in [4.69, 9.17) is 4.74 Å². The summed E-state index contributed by atoms with van der Waals surface area (Å²) in [7, 11) is 0. The third kappa shape index (κ3) is 2.86. The van der Waals surface area contributed by atoms with Crippen LogP contribution in [-0.2, 0) is 0 Å². The summed E-state index contributed by atoms with van der Waals surface area (Å²) in [6.07, 6.45) is 5.86. The highest BCUT2D eigenvalue weighted by molar-refractivity contribution is 5.68. The Morgan fingerprint density at radius 3 is 2.56 bits per heavy atom. The number of nitrogens with zero attached hydrogens (tertiary/aromatic N) is 1. The number of aromatic hydroxyl groups is 1. The van der Waals surface area contributed by atoms with Gasteiger partial charge in [-0.2, -0.15) is 0 Å². The van der Waals surface area contributed by atoms with Crippen LogP contribution in [0.15, 0.2) is 60.9 Å². The summed E-state index contributed by atoms with van der Waals surface area (Å²) in [6, 6.07) is 16.2. The lowest BCUT2D eigenvalue weighted by atomic mass is 9.74. The molecule has 3 aromatic rings. The molecule has 0 aliphatic carbocycles. The Morgan fingerprint density at radius 1 is 0.926 bits per heavy atom. The molecule has 0 saturated carbocycles. The predicted octanol–water partition coefficient (Wildman–Crippen LogP) is 4.69. The van der Waals surface area contributed by atoms with Crippen molar-refractivity contribution in [3.63, 3.8) is 0 Å². The molecule has 1 saturated heterocycles. The van der Waals surface area contributed by atoms with Gasteiger partial charge in [0.1, 0.15) is 5.75 Å².